The molecule has 3 heteroatoms. The van der Waals surface area contributed by atoms with Crippen LogP contribution in [0.2, 0.25) is 0 Å². The first-order valence-corrected chi connectivity index (χ1v) is 4.96. The molecule has 1 aliphatic rings. The number of hydrogen-bond donors (Lipinski definition) is 0. The molecule has 0 saturated carbocycles. The normalized spacial score (nSPS) is 19.1. The minimum atomic E-state index is -0.267. The van der Waals surface area contributed by atoms with Crippen LogP contribution in [0, 0.1) is 0 Å². The lowest BCUT2D eigenvalue weighted by atomic mass is 10.0. The Morgan fingerprint density at radius 1 is 1.57 bits per heavy atom. The number of ether oxygens (including phenoxy) is 1. The highest BCUT2D eigenvalue weighted by Crippen LogP contribution is 2.36. The van der Waals surface area contributed by atoms with E-state index in [9.17, 15) is 4.79 Å². The molecule has 1 aromatic carbocycles. The van der Waals surface area contributed by atoms with Gasteiger partial charge < -0.3 is 4.74 Å². The van der Waals surface area contributed by atoms with Crippen LogP contribution in [0.5, 0.6) is 5.75 Å². The summed E-state index contributed by atoms with van der Waals surface area (Å²) in [5, 5.41) is -0.267. The Labute approximate surface area is 87.8 Å². The van der Waals surface area contributed by atoms with Gasteiger partial charge in [0.2, 0.25) is 5.24 Å². The van der Waals surface area contributed by atoms with Gasteiger partial charge in [0, 0.05) is 0 Å². The van der Waals surface area contributed by atoms with Crippen LogP contribution in [-0.2, 0) is 11.2 Å². The second kappa shape index (κ2) is 3.62. The molecule has 0 spiro atoms. The molecule has 0 fully saturated rings. The fourth-order valence-corrected chi connectivity index (χ4v) is 2.17. The van der Waals surface area contributed by atoms with Gasteiger partial charge in [-0.05, 0) is 47.7 Å². The summed E-state index contributed by atoms with van der Waals surface area (Å²) in [5.41, 5.74) is 2.24. The molecule has 0 aliphatic heterocycles. The second-order valence-corrected chi connectivity index (χ2v) is 3.83. The number of hydrogen-bond acceptors (Lipinski definition) is 2. The van der Waals surface area contributed by atoms with Crippen LogP contribution in [0.1, 0.15) is 23.5 Å². The maximum atomic E-state index is 11.1. The summed E-state index contributed by atoms with van der Waals surface area (Å²) < 4.78 is 5.11. The lowest BCUT2D eigenvalue weighted by molar-refractivity contribution is -0.112. The summed E-state index contributed by atoms with van der Waals surface area (Å²) in [6.45, 7) is 0. The highest BCUT2D eigenvalue weighted by Gasteiger charge is 2.27. The number of halogens is 1. The predicted molar refractivity (Wildman–Crippen MR) is 54.9 cm³/mol. The maximum Gasteiger partial charge on any atom is 0.229 e. The van der Waals surface area contributed by atoms with E-state index < -0.39 is 0 Å². The number of fused-ring (bicyclic) bond motifs is 1. The molecule has 1 aliphatic carbocycles. The number of carbonyl (C=O) groups excluding carboxylic acids is 1. The van der Waals surface area contributed by atoms with Gasteiger partial charge >= 0.3 is 0 Å². The van der Waals surface area contributed by atoms with Gasteiger partial charge in [-0.3, -0.25) is 4.79 Å². The van der Waals surface area contributed by atoms with E-state index in [1.54, 1.807) is 7.11 Å². The lowest BCUT2D eigenvalue weighted by Crippen LogP contribution is -2.02. The van der Waals surface area contributed by atoms with Crippen LogP contribution in [0.25, 0.3) is 0 Å². The molecule has 1 atom stereocenters. The first kappa shape index (κ1) is 9.53. The van der Waals surface area contributed by atoms with Crippen LogP contribution in [-0.4, -0.2) is 12.4 Å². The lowest BCUT2D eigenvalue weighted by Gasteiger charge is -2.07. The van der Waals surface area contributed by atoms with Crippen molar-refractivity contribution in [3.8, 4) is 5.75 Å². The van der Waals surface area contributed by atoms with Crippen molar-refractivity contribution in [3.05, 3.63) is 29.3 Å². The molecule has 1 unspecified atom stereocenters. The number of benzene rings is 1. The van der Waals surface area contributed by atoms with Gasteiger partial charge in [0.15, 0.2) is 0 Å². The minimum Gasteiger partial charge on any atom is -0.497 e. The van der Waals surface area contributed by atoms with Crippen molar-refractivity contribution in [3.63, 3.8) is 0 Å². The summed E-state index contributed by atoms with van der Waals surface area (Å²) in [5.74, 6) is 0.648. The zero-order valence-electron chi connectivity index (χ0n) is 7.92. The number of rotatable bonds is 2. The highest BCUT2D eigenvalue weighted by atomic mass is 35.5. The van der Waals surface area contributed by atoms with Gasteiger partial charge in [-0.1, -0.05) is 6.07 Å². The van der Waals surface area contributed by atoms with Crippen LogP contribution >= 0.6 is 11.6 Å². The van der Waals surface area contributed by atoms with E-state index in [1.165, 1.54) is 5.56 Å². The fourth-order valence-electron chi connectivity index (χ4n) is 1.94. The molecule has 2 rings (SSSR count). The van der Waals surface area contributed by atoms with Crippen molar-refractivity contribution in [2.24, 2.45) is 0 Å². The third kappa shape index (κ3) is 1.50. The van der Waals surface area contributed by atoms with E-state index >= 15 is 0 Å². The summed E-state index contributed by atoms with van der Waals surface area (Å²) in [6.07, 6.45) is 1.76. The smallest absolute Gasteiger partial charge is 0.229 e. The molecule has 0 bridgehead atoms. The highest BCUT2D eigenvalue weighted by molar-refractivity contribution is 6.64. The summed E-state index contributed by atoms with van der Waals surface area (Å²) in [6, 6.07) is 5.83. The van der Waals surface area contributed by atoms with Gasteiger partial charge in [0.1, 0.15) is 5.75 Å². The summed E-state index contributed by atoms with van der Waals surface area (Å²) in [7, 11) is 1.62. The van der Waals surface area contributed by atoms with Gasteiger partial charge in [-0.25, -0.2) is 0 Å². The third-order valence-electron chi connectivity index (χ3n) is 2.70. The van der Waals surface area contributed by atoms with Crippen molar-refractivity contribution < 1.29 is 9.53 Å². The molecular weight excluding hydrogens is 200 g/mol. The minimum absolute atomic E-state index is 0.137. The molecule has 0 amide bonds. The van der Waals surface area contributed by atoms with Crippen LogP contribution in [0.3, 0.4) is 0 Å². The molecule has 0 N–H and O–H groups in total. The van der Waals surface area contributed by atoms with Crippen molar-refractivity contribution in [2.45, 2.75) is 18.8 Å². The topological polar surface area (TPSA) is 26.3 Å². The number of carbonyl (C=O) groups is 1. The van der Waals surface area contributed by atoms with Crippen molar-refractivity contribution in [1.82, 2.24) is 0 Å². The first-order chi connectivity index (χ1) is 6.72. The molecule has 0 radical (unpaired) electrons. The van der Waals surface area contributed by atoms with Gasteiger partial charge in [0.05, 0.1) is 13.0 Å². The second-order valence-electron chi connectivity index (χ2n) is 3.46. The number of aryl methyl sites for hydroxylation is 1. The summed E-state index contributed by atoms with van der Waals surface area (Å²) >= 11 is 5.53. The van der Waals surface area contributed by atoms with E-state index in [1.807, 2.05) is 18.2 Å². The zero-order valence-corrected chi connectivity index (χ0v) is 8.67. The Morgan fingerprint density at radius 2 is 2.36 bits per heavy atom. The monoisotopic (exact) mass is 210 g/mol. The molecule has 14 heavy (non-hydrogen) atoms. The zero-order chi connectivity index (χ0) is 10.1. The average Bonchev–Trinajstić information content (AvgIpc) is 2.59. The molecule has 0 aromatic heterocycles. The van der Waals surface area contributed by atoms with Gasteiger partial charge in [-0.2, -0.15) is 0 Å². The Hall–Kier alpha value is -1.02. The Kier molecular flexibility index (Phi) is 2.46. The predicted octanol–water partition coefficient (Wildman–Crippen LogP) is 2.49. The summed E-state index contributed by atoms with van der Waals surface area (Å²) in [4.78, 5) is 11.1. The number of methoxy groups -OCH3 is 1. The van der Waals surface area contributed by atoms with Crippen LogP contribution in [0.15, 0.2) is 18.2 Å². The van der Waals surface area contributed by atoms with Crippen molar-refractivity contribution >= 4 is 16.8 Å². The van der Waals surface area contributed by atoms with E-state index in [0.29, 0.717) is 0 Å². The maximum absolute atomic E-state index is 11.1. The Bertz CT molecular complexity index is 374. The van der Waals surface area contributed by atoms with Gasteiger partial charge in [-0.15, -0.1) is 0 Å². The van der Waals surface area contributed by atoms with E-state index in [-0.39, 0.29) is 11.2 Å². The SMILES string of the molecule is COc1ccc2c(c1)C(C(=O)Cl)CC2. The molecule has 74 valence electrons. The molecule has 0 saturated heterocycles. The van der Waals surface area contributed by atoms with Gasteiger partial charge in [0.25, 0.3) is 0 Å². The third-order valence-corrected chi connectivity index (χ3v) is 2.97. The standard InChI is InChI=1S/C11H11ClO2/c1-14-8-4-2-7-3-5-9(11(12)13)10(7)6-8/h2,4,6,9H,3,5H2,1H3. The van der Waals surface area contributed by atoms with Crippen molar-refractivity contribution in [2.75, 3.05) is 7.11 Å². The Balaban J connectivity index is 2.41. The fraction of sp³-hybridized carbons (Fsp3) is 0.364. The molecule has 2 nitrogen and oxygen atoms in total. The van der Waals surface area contributed by atoms with E-state index in [4.69, 9.17) is 16.3 Å². The average molecular weight is 211 g/mol. The van der Waals surface area contributed by atoms with Crippen LogP contribution in [0.4, 0.5) is 0 Å². The van der Waals surface area contributed by atoms with Crippen molar-refractivity contribution in [1.29, 1.82) is 0 Å². The van der Waals surface area contributed by atoms with Crippen LogP contribution < -0.4 is 4.74 Å². The molecular formula is C11H11ClO2. The van der Waals surface area contributed by atoms with E-state index in [0.717, 1.165) is 24.2 Å². The largest absolute Gasteiger partial charge is 0.497 e. The Morgan fingerprint density at radius 3 is 3.00 bits per heavy atom. The quantitative estimate of drug-likeness (QED) is 0.702. The molecule has 0 heterocycles. The van der Waals surface area contributed by atoms with E-state index in [2.05, 4.69) is 0 Å². The first-order valence-electron chi connectivity index (χ1n) is 4.58. The molecule has 1 aromatic rings.